The highest BCUT2D eigenvalue weighted by Gasteiger charge is 2.20. The predicted molar refractivity (Wildman–Crippen MR) is 158 cm³/mol. The molecule has 7 rings (SSSR count). The van der Waals surface area contributed by atoms with Crippen LogP contribution >= 0.6 is 0 Å². The second-order valence-corrected chi connectivity index (χ2v) is 10.4. The van der Waals surface area contributed by atoms with E-state index in [0.717, 1.165) is 68.8 Å². The quantitative estimate of drug-likeness (QED) is 0.222. The standard InChI is InChI=1S/C34H28FN3O3/c35-25-18-16-23(17-19-25)32-31-27-8-2-4-10-29(27)38(33(31)26-7-1-3-9-28(26)36-32)21-22-12-14-24(15-13-22)34(39)37-41-30-11-5-6-20-40-30/h1-4,7-10,12-19,30H,5-6,11,20-21H2,(H,37,39). The second-order valence-electron chi connectivity index (χ2n) is 10.4. The molecule has 1 fully saturated rings. The van der Waals surface area contributed by atoms with Crippen LogP contribution in [0, 0.1) is 5.82 Å². The Labute approximate surface area is 236 Å². The molecule has 1 aliphatic rings. The number of halogens is 1. The summed E-state index contributed by atoms with van der Waals surface area (Å²) in [5, 5.41) is 3.16. The van der Waals surface area contributed by atoms with Crippen molar-refractivity contribution in [2.45, 2.75) is 32.1 Å². The zero-order valence-corrected chi connectivity index (χ0v) is 22.3. The van der Waals surface area contributed by atoms with Crippen molar-refractivity contribution in [3.05, 3.63) is 114 Å². The average Bonchev–Trinajstić information content (AvgIpc) is 3.35. The first-order chi connectivity index (χ1) is 20.2. The van der Waals surface area contributed by atoms with Crippen molar-refractivity contribution in [1.82, 2.24) is 15.0 Å². The SMILES string of the molecule is O=C(NOC1CCCCO1)c1ccc(Cn2c3ccccc3c3c(-c4ccc(F)cc4)nc4ccccc4c32)cc1. The monoisotopic (exact) mass is 545 g/mol. The lowest BCUT2D eigenvalue weighted by atomic mass is 10.0. The molecule has 7 heteroatoms. The van der Waals surface area contributed by atoms with Crippen LogP contribution in [0.1, 0.15) is 35.2 Å². The van der Waals surface area contributed by atoms with Crippen LogP contribution < -0.4 is 5.48 Å². The molecule has 0 spiro atoms. The molecule has 0 bridgehead atoms. The van der Waals surface area contributed by atoms with E-state index in [-0.39, 0.29) is 11.7 Å². The van der Waals surface area contributed by atoms with Crippen molar-refractivity contribution in [2.24, 2.45) is 0 Å². The summed E-state index contributed by atoms with van der Waals surface area (Å²) < 4.78 is 21.6. The van der Waals surface area contributed by atoms with E-state index >= 15 is 0 Å². The lowest BCUT2D eigenvalue weighted by Gasteiger charge is -2.22. The first-order valence-corrected chi connectivity index (χ1v) is 13.9. The summed E-state index contributed by atoms with van der Waals surface area (Å²) in [6.45, 7) is 1.24. The summed E-state index contributed by atoms with van der Waals surface area (Å²) in [7, 11) is 0. The number of benzene rings is 4. The zero-order valence-electron chi connectivity index (χ0n) is 22.3. The minimum atomic E-state index is -0.397. The number of fused-ring (bicyclic) bond motifs is 5. The van der Waals surface area contributed by atoms with Gasteiger partial charge in [0.2, 0.25) is 0 Å². The fourth-order valence-electron chi connectivity index (χ4n) is 5.68. The van der Waals surface area contributed by atoms with Crippen LogP contribution in [-0.2, 0) is 16.1 Å². The van der Waals surface area contributed by atoms with Crippen LogP contribution in [0.4, 0.5) is 4.39 Å². The van der Waals surface area contributed by atoms with Crippen LogP contribution in [0.3, 0.4) is 0 Å². The molecule has 1 atom stereocenters. The summed E-state index contributed by atoms with van der Waals surface area (Å²) in [6, 6.07) is 30.5. The third kappa shape index (κ3) is 4.84. The van der Waals surface area contributed by atoms with Gasteiger partial charge in [-0.3, -0.25) is 4.79 Å². The molecule has 6 nitrogen and oxygen atoms in total. The van der Waals surface area contributed by atoms with Gasteiger partial charge in [0.25, 0.3) is 5.91 Å². The molecule has 0 radical (unpaired) electrons. The maximum atomic E-state index is 13.8. The molecule has 1 amide bonds. The van der Waals surface area contributed by atoms with Crippen LogP contribution in [0.2, 0.25) is 0 Å². The Morgan fingerprint density at radius 3 is 2.46 bits per heavy atom. The van der Waals surface area contributed by atoms with E-state index in [0.29, 0.717) is 18.7 Å². The molecule has 41 heavy (non-hydrogen) atoms. The van der Waals surface area contributed by atoms with Gasteiger partial charge in [0, 0.05) is 52.4 Å². The predicted octanol–water partition coefficient (Wildman–Crippen LogP) is 7.39. The second kappa shape index (κ2) is 10.8. The Morgan fingerprint density at radius 1 is 0.927 bits per heavy atom. The Kier molecular flexibility index (Phi) is 6.66. The van der Waals surface area contributed by atoms with Gasteiger partial charge in [0.15, 0.2) is 6.29 Å². The van der Waals surface area contributed by atoms with E-state index < -0.39 is 6.29 Å². The van der Waals surface area contributed by atoms with Crippen molar-refractivity contribution < 1.29 is 18.8 Å². The number of pyridine rings is 1. The van der Waals surface area contributed by atoms with Gasteiger partial charge in [-0.05, 0) is 66.9 Å². The number of hydrogen-bond donors (Lipinski definition) is 1. The van der Waals surface area contributed by atoms with Crippen LogP contribution in [0.25, 0.3) is 44.0 Å². The van der Waals surface area contributed by atoms with Crippen molar-refractivity contribution in [3.8, 4) is 11.3 Å². The molecule has 4 aromatic carbocycles. The molecule has 0 aliphatic carbocycles. The third-order valence-corrected chi connectivity index (χ3v) is 7.69. The van der Waals surface area contributed by atoms with E-state index in [1.165, 1.54) is 12.1 Å². The van der Waals surface area contributed by atoms with Gasteiger partial charge in [0.1, 0.15) is 5.82 Å². The first-order valence-electron chi connectivity index (χ1n) is 13.9. The molecule has 1 saturated heterocycles. The number of nitrogens with one attached hydrogen (secondary N) is 1. The van der Waals surface area contributed by atoms with Gasteiger partial charge in [-0.25, -0.2) is 19.7 Å². The highest BCUT2D eigenvalue weighted by atomic mass is 19.1. The van der Waals surface area contributed by atoms with Gasteiger partial charge in [0.05, 0.1) is 16.7 Å². The summed E-state index contributed by atoms with van der Waals surface area (Å²) in [5.74, 6) is -0.581. The van der Waals surface area contributed by atoms with Gasteiger partial charge >= 0.3 is 0 Å². The third-order valence-electron chi connectivity index (χ3n) is 7.69. The lowest BCUT2D eigenvalue weighted by Crippen LogP contribution is -2.33. The number of hydroxylamine groups is 1. The Balaban J connectivity index is 1.29. The summed E-state index contributed by atoms with van der Waals surface area (Å²) in [4.78, 5) is 23.2. The normalized spacial score (nSPS) is 15.5. The Morgan fingerprint density at radius 2 is 1.68 bits per heavy atom. The number of ether oxygens (including phenoxy) is 1. The Bertz CT molecular complexity index is 1870. The fraction of sp³-hybridized carbons (Fsp3) is 0.176. The smallest absolute Gasteiger partial charge is 0.274 e. The molecule has 2 aromatic heterocycles. The van der Waals surface area contributed by atoms with E-state index in [1.807, 2.05) is 54.6 Å². The summed E-state index contributed by atoms with van der Waals surface area (Å²) >= 11 is 0. The summed E-state index contributed by atoms with van der Waals surface area (Å²) in [6.07, 6.45) is 2.41. The largest absolute Gasteiger partial charge is 0.350 e. The number of carbonyl (C=O) groups excluding carboxylic acids is 1. The van der Waals surface area contributed by atoms with Crippen molar-refractivity contribution >= 4 is 38.6 Å². The Hall–Kier alpha value is -4.59. The van der Waals surface area contributed by atoms with Crippen LogP contribution in [0.15, 0.2) is 97.1 Å². The molecule has 3 heterocycles. The highest BCUT2D eigenvalue weighted by Crippen LogP contribution is 2.39. The molecule has 204 valence electrons. The van der Waals surface area contributed by atoms with Gasteiger partial charge in [-0.15, -0.1) is 0 Å². The fourth-order valence-corrected chi connectivity index (χ4v) is 5.68. The first kappa shape index (κ1) is 25.4. The molecule has 1 N–H and O–H groups in total. The number of rotatable bonds is 6. The molecule has 1 aliphatic heterocycles. The average molecular weight is 546 g/mol. The van der Waals surface area contributed by atoms with E-state index in [1.54, 1.807) is 12.1 Å². The number of para-hydroxylation sites is 2. The van der Waals surface area contributed by atoms with E-state index in [2.05, 4.69) is 28.2 Å². The van der Waals surface area contributed by atoms with Crippen molar-refractivity contribution in [3.63, 3.8) is 0 Å². The van der Waals surface area contributed by atoms with Gasteiger partial charge < -0.3 is 9.30 Å². The number of nitrogens with zero attached hydrogens (tertiary/aromatic N) is 2. The van der Waals surface area contributed by atoms with Gasteiger partial charge in [-0.2, -0.15) is 0 Å². The molecule has 6 aromatic rings. The van der Waals surface area contributed by atoms with Crippen LogP contribution in [0.5, 0.6) is 0 Å². The zero-order chi connectivity index (χ0) is 27.8. The highest BCUT2D eigenvalue weighted by molar-refractivity contribution is 6.21. The number of amides is 1. The maximum absolute atomic E-state index is 13.8. The van der Waals surface area contributed by atoms with E-state index in [9.17, 15) is 9.18 Å². The lowest BCUT2D eigenvalue weighted by molar-refractivity contribution is -0.186. The molecular weight excluding hydrogens is 517 g/mol. The molecule has 1 unspecified atom stereocenters. The molecule has 0 saturated carbocycles. The van der Waals surface area contributed by atoms with Crippen molar-refractivity contribution in [2.75, 3.05) is 6.61 Å². The number of aromatic nitrogens is 2. The maximum Gasteiger partial charge on any atom is 0.274 e. The van der Waals surface area contributed by atoms with E-state index in [4.69, 9.17) is 14.6 Å². The topological polar surface area (TPSA) is 65.4 Å². The van der Waals surface area contributed by atoms with Crippen molar-refractivity contribution in [1.29, 1.82) is 0 Å². The number of hydrogen-bond acceptors (Lipinski definition) is 4. The minimum Gasteiger partial charge on any atom is -0.350 e. The van der Waals surface area contributed by atoms with Crippen LogP contribution in [-0.4, -0.2) is 28.4 Å². The minimum absolute atomic E-state index is 0.278. The summed E-state index contributed by atoms with van der Waals surface area (Å²) in [5.41, 5.74) is 8.79. The number of carbonyl (C=O) groups is 1. The van der Waals surface area contributed by atoms with Gasteiger partial charge in [-0.1, -0.05) is 48.5 Å². The molecular formula is C34H28FN3O3.